The molecule has 0 N–H and O–H groups in total. The summed E-state index contributed by atoms with van der Waals surface area (Å²) in [5.41, 5.74) is 2.90. The van der Waals surface area contributed by atoms with E-state index < -0.39 is 0 Å². The lowest BCUT2D eigenvalue weighted by atomic mass is 9.86. The molecule has 0 amide bonds. The van der Waals surface area contributed by atoms with Gasteiger partial charge in [0.05, 0.1) is 0 Å². The number of hydrogen-bond acceptors (Lipinski definition) is 0. The highest BCUT2D eigenvalue weighted by Crippen LogP contribution is 2.34. The fraction of sp³-hybridized carbons (Fsp3) is 0.167. The predicted octanol–water partition coefficient (Wildman–Crippen LogP) is 6.73. The largest absolute Gasteiger partial charge is 0.0648 e. The molecule has 0 aliphatic rings. The van der Waals surface area contributed by atoms with Crippen molar-refractivity contribution in [2.75, 3.05) is 0 Å². The summed E-state index contributed by atoms with van der Waals surface area (Å²) < 4.78 is 0. The quantitative estimate of drug-likeness (QED) is 0.367. The summed E-state index contributed by atoms with van der Waals surface area (Å²) in [4.78, 5) is 0. The highest BCUT2D eigenvalue weighted by molar-refractivity contribution is 6.08. The smallest absolute Gasteiger partial charge is 0.0103 e. The van der Waals surface area contributed by atoms with Gasteiger partial charge in [-0.25, -0.2) is 0 Å². The molecular weight excluding hydrogens is 288 g/mol. The van der Waals surface area contributed by atoms with Crippen LogP contribution in [0.25, 0.3) is 21.5 Å². The van der Waals surface area contributed by atoms with E-state index in [1.807, 2.05) is 0 Å². The Balaban J connectivity index is 1.84. The number of rotatable bonds is 4. The topological polar surface area (TPSA) is 0 Å². The Labute approximate surface area is 143 Å². The second-order valence-electron chi connectivity index (χ2n) is 6.52. The van der Waals surface area contributed by atoms with Crippen LogP contribution in [0.1, 0.15) is 30.4 Å². The van der Waals surface area contributed by atoms with Crippen molar-refractivity contribution in [3.63, 3.8) is 0 Å². The zero-order valence-electron chi connectivity index (χ0n) is 14.1. The monoisotopic (exact) mass is 310 g/mol. The first-order valence-corrected chi connectivity index (χ1v) is 8.81. The van der Waals surface area contributed by atoms with Gasteiger partial charge in [0.1, 0.15) is 0 Å². The first-order chi connectivity index (χ1) is 11.9. The molecule has 0 radical (unpaired) electrons. The second-order valence-corrected chi connectivity index (χ2v) is 6.52. The number of benzene rings is 4. The first-order valence-electron chi connectivity index (χ1n) is 8.81. The van der Waals surface area contributed by atoms with E-state index >= 15 is 0 Å². The third-order valence-corrected chi connectivity index (χ3v) is 5.08. The van der Waals surface area contributed by atoms with Gasteiger partial charge in [0.15, 0.2) is 0 Å². The molecule has 4 aromatic carbocycles. The summed E-state index contributed by atoms with van der Waals surface area (Å²) in [7, 11) is 0. The van der Waals surface area contributed by atoms with E-state index in [9.17, 15) is 0 Å². The molecule has 1 atom stereocenters. The molecular formula is C24H22. The van der Waals surface area contributed by atoms with Gasteiger partial charge in [0, 0.05) is 0 Å². The normalized spacial score (nSPS) is 12.5. The molecule has 1 unspecified atom stereocenters. The van der Waals surface area contributed by atoms with Crippen LogP contribution >= 0.6 is 0 Å². The molecule has 0 nitrogen and oxygen atoms in total. The highest BCUT2D eigenvalue weighted by Gasteiger charge is 2.14. The van der Waals surface area contributed by atoms with Gasteiger partial charge in [0.2, 0.25) is 0 Å². The van der Waals surface area contributed by atoms with Crippen molar-refractivity contribution in [2.45, 2.75) is 25.7 Å². The zero-order valence-corrected chi connectivity index (χ0v) is 14.1. The summed E-state index contributed by atoms with van der Waals surface area (Å²) in [6.07, 6.45) is 2.25. The van der Waals surface area contributed by atoms with Gasteiger partial charge < -0.3 is 0 Å². The van der Waals surface area contributed by atoms with E-state index in [2.05, 4.69) is 91.9 Å². The lowest BCUT2D eigenvalue weighted by molar-refractivity contribution is 0.665. The standard InChI is InChI=1S/C24H22/c1-2-19(17-18-9-4-3-5-10-18)21-13-8-14-23-22-12-7-6-11-20(22)15-16-24(21)23/h3-16,19H,2,17H2,1H3. The van der Waals surface area contributed by atoms with Crippen molar-refractivity contribution in [1.29, 1.82) is 0 Å². The highest BCUT2D eigenvalue weighted by atomic mass is 14.2. The molecule has 0 bridgehead atoms. The fourth-order valence-electron chi connectivity index (χ4n) is 3.79. The SMILES string of the molecule is CCC(Cc1ccccc1)c1cccc2c1ccc1ccccc12. The zero-order chi connectivity index (χ0) is 16.4. The molecule has 0 saturated carbocycles. The average Bonchev–Trinajstić information content (AvgIpc) is 2.66. The van der Waals surface area contributed by atoms with Crippen molar-refractivity contribution in [3.05, 3.63) is 96.1 Å². The minimum Gasteiger partial charge on any atom is -0.0648 e. The van der Waals surface area contributed by atoms with Gasteiger partial charge in [0.25, 0.3) is 0 Å². The van der Waals surface area contributed by atoms with Crippen molar-refractivity contribution in [1.82, 2.24) is 0 Å². The molecule has 0 spiro atoms. The summed E-state index contributed by atoms with van der Waals surface area (Å²) in [5, 5.41) is 5.45. The van der Waals surface area contributed by atoms with Crippen LogP contribution in [-0.4, -0.2) is 0 Å². The molecule has 0 aliphatic heterocycles. The molecule has 0 heteroatoms. The third-order valence-electron chi connectivity index (χ3n) is 5.08. The molecule has 0 saturated heterocycles. The van der Waals surface area contributed by atoms with Gasteiger partial charge in [-0.2, -0.15) is 0 Å². The van der Waals surface area contributed by atoms with Gasteiger partial charge >= 0.3 is 0 Å². The second kappa shape index (κ2) is 6.49. The predicted molar refractivity (Wildman–Crippen MR) is 105 cm³/mol. The summed E-state index contributed by atoms with van der Waals surface area (Å²) in [6.45, 7) is 2.30. The van der Waals surface area contributed by atoms with Crippen LogP contribution in [-0.2, 0) is 6.42 Å². The minimum atomic E-state index is 0.553. The Kier molecular flexibility index (Phi) is 4.04. The van der Waals surface area contributed by atoms with Crippen LogP contribution in [0.4, 0.5) is 0 Å². The maximum atomic E-state index is 2.31. The molecule has 118 valence electrons. The maximum Gasteiger partial charge on any atom is -0.0103 e. The number of fused-ring (bicyclic) bond motifs is 3. The average molecular weight is 310 g/mol. The fourth-order valence-corrected chi connectivity index (χ4v) is 3.79. The van der Waals surface area contributed by atoms with E-state index in [-0.39, 0.29) is 0 Å². The summed E-state index contributed by atoms with van der Waals surface area (Å²) in [5.74, 6) is 0.553. The van der Waals surface area contributed by atoms with Crippen LogP contribution in [0.15, 0.2) is 84.9 Å². The van der Waals surface area contributed by atoms with Gasteiger partial charge in [-0.15, -0.1) is 0 Å². The Hall–Kier alpha value is -2.60. The van der Waals surface area contributed by atoms with E-state index in [0.717, 1.165) is 12.8 Å². The van der Waals surface area contributed by atoms with Crippen LogP contribution in [0, 0.1) is 0 Å². The Morgan fingerprint density at radius 1 is 0.625 bits per heavy atom. The molecule has 0 aromatic heterocycles. The van der Waals surface area contributed by atoms with Crippen LogP contribution in [0.3, 0.4) is 0 Å². The molecule has 0 fully saturated rings. The Morgan fingerprint density at radius 2 is 1.38 bits per heavy atom. The van der Waals surface area contributed by atoms with Crippen molar-refractivity contribution in [3.8, 4) is 0 Å². The van der Waals surface area contributed by atoms with E-state index in [0.29, 0.717) is 5.92 Å². The van der Waals surface area contributed by atoms with Crippen molar-refractivity contribution < 1.29 is 0 Å². The van der Waals surface area contributed by atoms with Crippen LogP contribution < -0.4 is 0 Å². The summed E-state index contributed by atoms with van der Waals surface area (Å²) in [6, 6.07) is 30.9. The number of hydrogen-bond donors (Lipinski definition) is 0. The van der Waals surface area contributed by atoms with Crippen LogP contribution in [0.5, 0.6) is 0 Å². The van der Waals surface area contributed by atoms with Crippen molar-refractivity contribution >= 4 is 21.5 Å². The molecule has 0 aliphatic carbocycles. The molecule has 24 heavy (non-hydrogen) atoms. The van der Waals surface area contributed by atoms with Gasteiger partial charge in [-0.1, -0.05) is 91.9 Å². The van der Waals surface area contributed by atoms with Crippen LogP contribution in [0.2, 0.25) is 0 Å². The van der Waals surface area contributed by atoms with Crippen molar-refractivity contribution in [2.24, 2.45) is 0 Å². The van der Waals surface area contributed by atoms with E-state index in [4.69, 9.17) is 0 Å². The Bertz CT molecular complexity index is 967. The molecule has 4 aromatic rings. The first kappa shape index (κ1) is 15.0. The molecule has 0 heterocycles. The van der Waals surface area contributed by atoms with Gasteiger partial charge in [-0.3, -0.25) is 0 Å². The third kappa shape index (κ3) is 2.69. The van der Waals surface area contributed by atoms with E-state index in [1.165, 1.54) is 32.7 Å². The minimum absolute atomic E-state index is 0.553. The van der Waals surface area contributed by atoms with E-state index in [1.54, 1.807) is 0 Å². The van der Waals surface area contributed by atoms with Gasteiger partial charge in [-0.05, 0) is 51.4 Å². The molecule has 4 rings (SSSR count). The Morgan fingerprint density at radius 3 is 2.21 bits per heavy atom. The lowest BCUT2D eigenvalue weighted by Gasteiger charge is -2.18. The lowest BCUT2D eigenvalue weighted by Crippen LogP contribution is -2.02. The maximum absolute atomic E-state index is 2.31. The summed E-state index contributed by atoms with van der Waals surface area (Å²) >= 11 is 0.